The second-order valence-electron chi connectivity index (χ2n) is 4.66. The summed E-state index contributed by atoms with van der Waals surface area (Å²) in [5.41, 5.74) is 12.0. The summed E-state index contributed by atoms with van der Waals surface area (Å²) in [6.45, 7) is 1.05. The molecule has 1 fully saturated rings. The van der Waals surface area contributed by atoms with Gasteiger partial charge in [0.05, 0.1) is 29.5 Å². The summed E-state index contributed by atoms with van der Waals surface area (Å²) < 4.78 is 5.33. The highest BCUT2D eigenvalue weighted by Crippen LogP contribution is 2.34. The lowest BCUT2D eigenvalue weighted by molar-refractivity contribution is -0.124. The average molecular weight is 313 g/mol. The lowest BCUT2D eigenvalue weighted by atomic mass is 10.1. The second-order valence-corrected chi connectivity index (χ2v) is 5.07. The standard InChI is InChI=1S/C13H17ClN4O3/c1-17-13(20)10-6-21-3-2-18(10)11-8(12(16)19)4-7(15)5-9(11)14/h4-5,10H,2-3,6,15H2,1H3,(H2,16,19)(H,17,20). The molecule has 7 nitrogen and oxygen atoms in total. The van der Waals surface area contributed by atoms with E-state index in [1.54, 1.807) is 4.90 Å². The van der Waals surface area contributed by atoms with Gasteiger partial charge in [-0.1, -0.05) is 11.6 Å². The minimum atomic E-state index is -0.652. The molecule has 0 saturated carbocycles. The molecule has 21 heavy (non-hydrogen) atoms. The minimum Gasteiger partial charge on any atom is -0.399 e. The van der Waals surface area contributed by atoms with Crippen LogP contribution in [-0.2, 0) is 9.53 Å². The van der Waals surface area contributed by atoms with E-state index in [2.05, 4.69) is 5.32 Å². The van der Waals surface area contributed by atoms with E-state index in [1.165, 1.54) is 19.2 Å². The van der Waals surface area contributed by atoms with Crippen molar-refractivity contribution < 1.29 is 14.3 Å². The van der Waals surface area contributed by atoms with Crippen LogP contribution < -0.4 is 21.7 Å². The second kappa shape index (κ2) is 6.19. The molecule has 5 N–H and O–H groups in total. The Bertz CT molecular complexity index is 579. The number of morpholine rings is 1. The van der Waals surface area contributed by atoms with Gasteiger partial charge in [-0.2, -0.15) is 0 Å². The predicted octanol–water partition coefficient (Wildman–Crippen LogP) is -0.0277. The quantitative estimate of drug-likeness (QED) is 0.679. The monoisotopic (exact) mass is 312 g/mol. The largest absolute Gasteiger partial charge is 0.399 e. The van der Waals surface area contributed by atoms with E-state index in [4.69, 9.17) is 27.8 Å². The molecule has 1 aromatic rings. The zero-order chi connectivity index (χ0) is 15.6. The maximum absolute atomic E-state index is 12.0. The van der Waals surface area contributed by atoms with E-state index in [-0.39, 0.29) is 23.1 Å². The number of amides is 2. The highest BCUT2D eigenvalue weighted by atomic mass is 35.5. The molecule has 1 unspecified atom stereocenters. The summed E-state index contributed by atoms with van der Waals surface area (Å²) in [4.78, 5) is 25.4. The number of primary amides is 1. The van der Waals surface area contributed by atoms with Gasteiger partial charge in [0.1, 0.15) is 6.04 Å². The van der Waals surface area contributed by atoms with Gasteiger partial charge in [0.25, 0.3) is 5.91 Å². The summed E-state index contributed by atoms with van der Waals surface area (Å²) in [6.07, 6.45) is 0. The van der Waals surface area contributed by atoms with E-state index >= 15 is 0 Å². The molecule has 114 valence electrons. The normalized spacial score (nSPS) is 18.4. The van der Waals surface area contributed by atoms with Crippen molar-refractivity contribution in [2.45, 2.75) is 6.04 Å². The number of benzene rings is 1. The van der Waals surface area contributed by atoms with Crippen molar-refractivity contribution in [1.29, 1.82) is 0 Å². The number of hydrogen-bond acceptors (Lipinski definition) is 5. The number of nitrogen functional groups attached to an aromatic ring is 1. The molecule has 2 rings (SSSR count). The number of nitrogens with zero attached hydrogens (tertiary/aromatic N) is 1. The molecule has 0 aromatic heterocycles. The Morgan fingerprint density at radius 3 is 2.81 bits per heavy atom. The van der Waals surface area contributed by atoms with E-state index in [1.807, 2.05) is 0 Å². The SMILES string of the molecule is CNC(=O)C1COCCN1c1c(Cl)cc(N)cc1C(N)=O. The number of carbonyl (C=O) groups excluding carboxylic acids is 2. The first kappa shape index (κ1) is 15.4. The van der Waals surface area contributed by atoms with E-state index in [0.717, 1.165) is 0 Å². The Kier molecular flexibility index (Phi) is 4.54. The molecule has 0 bridgehead atoms. The van der Waals surface area contributed by atoms with Gasteiger partial charge < -0.3 is 26.4 Å². The molecule has 1 aliphatic heterocycles. The van der Waals surface area contributed by atoms with Crippen LogP contribution in [0.5, 0.6) is 0 Å². The van der Waals surface area contributed by atoms with E-state index < -0.39 is 11.9 Å². The van der Waals surface area contributed by atoms with Gasteiger partial charge in [-0.25, -0.2) is 0 Å². The van der Waals surface area contributed by atoms with Crippen LogP contribution in [0.1, 0.15) is 10.4 Å². The molecular formula is C13H17ClN4O3. The van der Waals surface area contributed by atoms with Crippen molar-refractivity contribution in [2.24, 2.45) is 5.73 Å². The molecule has 1 heterocycles. The minimum absolute atomic E-state index is 0.191. The van der Waals surface area contributed by atoms with Gasteiger partial charge in [-0.05, 0) is 12.1 Å². The highest BCUT2D eigenvalue weighted by molar-refractivity contribution is 6.34. The van der Waals surface area contributed by atoms with Crippen molar-refractivity contribution in [3.63, 3.8) is 0 Å². The molecule has 1 aliphatic rings. The lowest BCUT2D eigenvalue weighted by Crippen LogP contribution is -2.54. The van der Waals surface area contributed by atoms with Crippen LogP contribution >= 0.6 is 11.6 Å². The molecule has 0 radical (unpaired) electrons. The first-order chi connectivity index (χ1) is 9.95. The molecule has 0 aliphatic carbocycles. The number of nitrogens with one attached hydrogen (secondary N) is 1. The molecule has 2 amide bonds. The molecule has 0 spiro atoms. The molecule has 1 aromatic carbocycles. The zero-order valence-electron chi connectivity index (χ0n) is 11.6. The third kappa shape index (κ3) is 3.03. The van der Waals surface area contributed by atoms with Crippen LogP contribution in [0.15, 0.2) is 12.1 Å². The van der Waals surface area contributed by atoms with Crippen molar-refractivity contribution in [3.8, 4) is 0 Å². The average Bonchev–Trinajstić information content (AvgIpc) is 2.45. The predicted molar refractivity (Wildman–Crippen MR) is 80.4 cm³/mol. The Balaban J connectivity index is 2.52. The first-order valence-electron chi connectivity index (χ1n) is 6.40. The molecule has 1 atom stereocenters. The lowest BCUT2D eigenvalue weighted by Gasteiger charge is -2.37. The molecule has 8 heteroatoms. The Morgan fingerprint density at radius 2 is 2.19 bits per heavy atom. The zero-order valence-corrected chi connectivity index (χ0v) is 12.3. The Labute approximate surface area is 127 Å². The van der Waals surface area contributed by atoms with Crippen LogP contribution in [0.25, 0.3) is 0 Å². The Hall–Kier alpha value is -1.99. The van der Waals surface area contributed by atoms with Crippen LogP contribution in [0.3, 0.4) is 0 Å². The molecular weight excluding hydrogens is 296 g/mol. The van der Waals surface area contributed by atoms with Crippen molar-refractivity contribution in [2.75, 3.05) is 37.4 Å². The number of rotatable bonds is 3. The van der Waals surface area contributed by atoms with Crippen LogP contribution in [-0.4, -0.2) is 44.7 Å². The highest BCUT2D eigenvalue weighted by Gasteiger charge is 2.32. The van der Waals surface area contributed by atoms with Gasteiger partial charge in [0, 0.05) is 19.3 Å². The third-order valence-electron chi connectivity index (χ3n) is 3.32. The first-order valence-corrected chi connectivity index (χ1v) is 6.78. The molecule has 1 saturated heterocycles. The van der Waals surface area contributed by atoms with E-state index in [9.17, 15) is 9.59 Å². The summed E-state index contributed by atoms with van der Waals surface area (Å²) in [7, 11) is 1.54. The van der Waals surface area contributed by atoms with Crippen LogP contribution in [0.4, 0.5) is 11.4 Å². The number of halogens is 1. The topological polar surface area (TPSA) is 111 Å². The fraction of sp³-hybridized carbons (Fsp3) is 0.385. The van der Waals surface area contributed by atoms with Crippen molar-refractivity contribution in [1.82, 2.24) is 5.32 Å². The van der Waals surface area contributed by atoms with Crippen molar-refractivity contribution in [3.05, 3.63) is 22.7 Å². The summed E-state index contributed by atoms with van der Waals surface area (Å²) >= 11 is 6.22. The van der Waals surface area contributed by atoms with E-state index in [0.29, 0.717) is 24.5 Å². The Morgan fingerprint density at radius 1 is 1.48 bits per heavy atom. The number of likely N-dealkylation sites (N-methyl/N-ethyl adjacent to an activating group) is 1. The summed E-state index contributed by atoms with van der Waals surface area (Å²) in [6, 6.07) is 2.41. The maximum Gasteiger partial charge on any atom is 0.250 e. The van der Waals surface area contributed by atoms with Gasteiger partial charge >= 0.3 is 0 Å². The number of ether oxygens (including phenoxy) is 1. The van der Waals surface area contributed by atoms with Crippen LogP contribution in [0.2, 0.25) is 5.02 Å². The number of carbonyl (C=O) groups is 2. The third-order valence-corrected chi connectivity index (χ3v) is 3.60. The van der Waals surface area contributed by atoms with Gasteiger partial charge in [-0.3, -0.25) is 9.59 Å². The fourth-order valence-electron chi connectivity index (χ4n) is 2.35. The number of hydrogen-bond donors (Lipinski definition) is 3. The maximum atomic E-state index is 12.0. The number of nitrogens with two attached hydrogens (primary N) is 2. The van der Waals surface area contributed by atoms with Crippen LogP contribution in [0, 0.1) is 0 Å². The smallest absolute Gasteiger partial charge is 0.250 e. The van der Waals surface area contributed by atoms with Gasteiger partial charge in [-0.15, -0.1) is 0 Å². The summed E-state index contributed by atoms with van der Waals surface area (Å²) in [5.74, 6) is -0.876. The number of anilines is 2. The van der Waals surface area contributed by atoms with Gasteiger partial charge in [0.15, 0.2) is 0 Å². The van der Waals surface area contributed by atoms with Crippen molar-refractivity contribution >= 4 is 34.8 Å². The fourth-order valence-corrected chi connectivity index (χ4v) is 2.69. The summed E-state index contributed by atoms with van der Waals surface area (Å²) in [5, 5.41) is 2.85. The van der Waals surface area contributed by atoms with Gasteiger partial charge in [0.2, 0.25) is 5.91 Å².